The molecule has 17 heavy (non-hydrogen) atoms. The van der Waals surface area contributed by atoms with Crippen LogP contribution in [0.3, 0.4) is 0 Å². The maximum Gasteiger partial charge on any atom is 0.325 e. The van der Waals surface area contributed by atoms with Gasteiger partial charge in [-0.2, -0.15) is 0 Å². The van der Waals surface area contributed by atoms with E-state index in [1.165, 1.54) is 19.1 Å². The monoisotopic (exact) mass is 238 g/mol. The van der Waals surface area contributed by atoms with Gasteiger partial charge in [-0.15, -0.1) is 5.10 Å². The standard InChI is InChI=1S/C10H14N4O3/c1-14(5-7(15)17-2)10(16)9-11-8(12-13-9)6-3-4-6/h6H,3-5H2,1-2H3,(H,11,12,13). The molecule has 0 bridgehead atoms. The minimum absolute atomic E-state index is 0.0957. The third-order valence-corrected chi connectivity index (χ3v) is 2.60. The van der Waals surface area contributed by atoms with Crippen LogP contribution in [0.2, 0.25) is 0 Å². The number of hydrogen-bond donors (Lipinski definition) is 1. The zero-order valence-corrected chi connectivity index (χ0v) is 9.77. The third kappa shape index (κ3) is 2.61. The molecule has 1 heterocycles. The maximum atomic E-state index is 11.8. The summed E-state index contributed by atoms with van der Waals surface area (Å²) in [6.45, 7) is -0.108. The van der Waals surface area contributed by atoms with Crippen LogP contribution < -0.4 is 0 Å². The van der Waals surface area contributed by atoms with Crippen LogP contribution >= 0.6 is 0 Å². The van der Waals surface area contributed by atoms with Crippen molar-refractivity contribution in [2.45, 2.75) is 18.8 Å². The Morgan fingerprint density at radius 2 is 2.24 bits per heavy atom. The third-order valence-electron chi connectivity index (χ3n) is 2.60. The summed E-state index contributed by atoms with van der Waals surface area (Å²) in [6.07, 6.45) is 2.17. The summed E-state index contributed by atoms with van der Waals surface area (Å²) in [5.41, 5.74) is 0. The number of H-pyrrole nitrogens is 1. The highest BCUT2D eigenvalue weighted by Gasteiger charge is 2.29. The Hall–Kier alpha value is -1.92. The van der Waals surface area contributed by atoms with Crippen LogP contribution in [-0.4, -0.2) is 52.7 Å². The Morgan fingerprint density at radius 1 is 1.53 bits per heavy atom. The second-order valence-corrected chi connectivity index (χ2v) is 4.06. The Bertz CT molecular complexity index is 439. The number of carbonyl (C=O) groups excluding carboxylic acids is 2. The van der Waals surface area contributed by atoms with Crippen molar-refractivity contribution in [3.05, 3.63) is 11.6 Å². The number of aromatic nitrogens is 3. The van der Waals surface area contributed by atoms with Crippen molar-refractivity contribution in [2.24, 2.45) is 0 Å². The molecule has 1 saturated carbocycles. The van der Waals surface area contributed by atoms with Gasteiger partial charge in [0.25, 0.3) is 5.91 Å². The zero-order valence-electron chi connectivity index (χ0n) is 9.77. The van der Waals surface area contributed by atoms with Crippen molar-refractivity contribution < 1.29 is 14.3 Å². The molecule has 1 aliphatic rings. The smallest absolute Gasteiger partial charge is 0.325 e. The second-order valence-electron chi connectivity index (χ2n) is 4.06. The topological polar surface area (TPSA) is 88.2 Å². The van der Waals surface area contributed by atoms with Crippen LogP contribution in [-0.2, 0) is 9.53 Å². The van der Waals surface area contributed by atoms with E-state index >= 15 is 0 Å². The fraction of sp³-hybridized carbons (Fsp3) is 0.600. The molecule has 1 fully saturated rings. The summed E-state index contributed by atoms with van der Waals surface area (Å²) in [5.74, 6) is 0.394. The van der Waals surface area contributed by atoms with Crippen molar-refractivity contribution in [3.63, 3.8) is 0 Å². The lowest BCUT2D eigenvalue weighted by atomic mass is 10.4. The molecule has 1 amide bonds. The molecule has 1 aromatic heterocycles. The lowest BCUT2D eigenvalue weighted by Gasteiger charge is -2.12. The summed E-state index contributed by atoms with van der Waals surface area (Å²) in [7, 11) is 2.78. The summed E-state index contributed by atoms with van der Waals surface area (Å²) in [4.78, 5) is 28.2. The van der Waals surface area contributed by atoms with Crippen LogP contribution in [0.5, 0.6) is 0 Å². The van der Waals surface area contributed by atoms with Gasteiger partial charge in [-0.3, -0.25) is 14.7 Å². The molecule has 7 nitrogen and oxygen atoms in total. The minimum atomic E-state index is -0.473. The first-order valence-corrected chi connectivity index (χ1v) is 5.36. The van der Waals surface area contributed by atoms with Crippen molar-refractivity contribution >= 4 is 11.9 Å². The number of methoxy groups -OCH3 is 1. The molecule has 92 valence electrons. The molecule has 0 saturated heterocycles. The Morgan fingerprint density at radius 3 is 2.82 bits per heavy atom. The molecule has 2 rings (SSSR count). The number of ether oxygens (including phenoxy) is 1. The molecule has 0 radical (unpaired) electrons. The van der Waals surface area contributed by atoms with Gasteiger partial charge < -0.3 is 9.64 Å². The number of rotatable bonds is 4. The number of nitrogens with zero attached hydrogens (tertiary/aromatic N) is 3. The van der Waals surface area contributed by atoms with Gasteiger partial charge in [0, 0.05) is 13.0 Å². The van der Waals surface area contributed by atoms with E-state index in [0.29, 0.717) is 5.92 Å². The summed E-state index contributed by atoms with van der Waals surface area (Å²) >= 11 is 0. The normalized spacial score (nSPS) is 14.5. The van der Waals surface area contributed by atoms with Gasteiger partial charge in [-0.25, -0.2) is 4.98 Å². The lowest BCUT2D eigenvalue weighted by Crippen LogP contribution is -2.33. The Labute approximate surface area is 98.2 Å². The molecule has 0 aliphatic heterocycles. The number of hydrogen-bond acceptors (Lipinski definition) is 5. The average Bonchev–Trinajstić information content (AvgIpc) is 3.06. The van der Waals surface area contributed by atoms with E-state index in [4.69, 9.17) is 0 Å². The summed E-state index contributed by atoms with van der Waals surface area (Å²) in [6, 6.07) is 0. The van der Waals surface area contributed by atoms with Gasteiger partial charge in [0.15, 0.2) is 0 Å². The van der Waals surface area contributed by atoms with Crippen molar-refractivity contribution in [2.75, 3.05) is 20.7 Å². The Balaban J connectivity index is 1.99. The van der Waals surface area contributed by atoms with Gasteiger partial charge in [0.1, 0.15) is 12.4 Å². The lowest BCUT2D eigenvalue weighted by molar-refractivity contribution is -0.141. The highest BCUT2D eigenvalue weighted by atomic mass is 16.5. The number of esters is 1. The molecular formula is C10H14N4O3. The highest BCUT2D eigenvalue weighted by Crippen LogP contribution is 2.37. The summed E-state index contributed by atoms with van der Waals surface area (Å²) in [5, 5.41) is 6.60. The second kappa shape index (κ2) is 4.52. The highest BCUT2D eigenvalue weighted by molar-refractivity contribution is 5.92. The number of carbonyl (C=O) groups is 2. The van der Waals surface area contributed by atoms with E-state index in [-0.39, 0.29) is 12.4 Å². The van der Waals surface area contributed by atoms with E-state index in [1.807, 2.05) is 0 Å². The van der Waals surface area contributed by atoms with E-state index in [1.54, 1.807) is 0 Å². The number of amides is 1. The molecule has 7 heteroatoms. The predicted molar refractivity (Wildman–Crippen MR) is 57.3 cm³/mol. The number of nitrogens with one attached hydrogen (secondary N) is 1. The molecule has 1 N–H and O–H groups in total. The van der Waals surface area contributed by atoms with Crippen LogP contribution in [0.4, 0.5) is 0 Å². The SMILES string of the molecule is COC(=O)CN(C)C(=O)c1n[nH]c(C2CC2)n1. The molecule has 0 unspecified atom stereocenters. The largest absolute Gasteiger partial charge is 0.468 e. The fourth-order valence-corrected chi connectivity index (χ4v) is 1.41. The van der Waals surface area contributed by atoms with Crippen LogP contribution in [0, 0.1) is 0 Å². The average molecular weight is 238 g/mol. The van der Waals surface area contributed by atoms with Crippen molar-refractivity contribution in [1.29, 1.82) is 0 Å². The van der Waals surface area contributed by atoms with Gasteiger partial charge >= 0.3 is 5.97 Å². The van der Waals surface area contributed by atoms with Gasteiger partial charge in [-0.1, -0.05) is 0 Å². The first-order valence-electron chi connectivity index (χ1n) is 5.36. The molecular weight excluding hydrogens is 224 g/mol. The quantitative estimate of drug-likeness (QED) is 0.741. The maximum absolute atomic E-state index is 11.8. The van der Waals surface area contributed by atoms with E-state index in [9.17, 15) is 9.59 Å². The number of likely N-dealkylation sites (N-methyl/N-ethyl adjacent to an activating group) is 1. The van der Waals surface area contributed by atoms with Gasteiger partial charge in [0.05, 0.1) is 7.11 Å². The molecule has 1 aromatic rings. The van der Waals surface area contributed by atoms with Gasteiger partial charge in [-0.05, 0) is 12.8 Å². The van der Waals surface area contributed by atoms with Crippen LogP contribution in [0.25, 0.3) is 0 Å². The van der Waals surface area contributed by atoms with Crippen molar-refractivity contribution in [3.8, 4) is 0 Å². The summed E-state index contributed by atoms with van der Waals surface area (Å²) < 4.78 is 4.48. The van der Waals surface area contributed by atoms with Crippen LogP contribution in [0.1, 0.15) is 35.2 Å². The predicted octanol–water partition coefficient (Wildman–Crippen LogP) is -0.0729. The van der Waals surface area contributed by atoms with E-state index < -0.39 is 11.9 Å². The molecule has 0 atom stereocenters. The van der Waals surface area contributed by atoms with E-state index in [2.05, 4.69) is 19.9 Å². The molecule has 1 aliphatic carbocycles. The minimum Gasteiger partial charge on any atom is -0.468 e. The first kappa shape index (κ1) is 11.6. The molecule has 0 spiro atoms. The zero-order chi connectivity index (χ0) is 12.4. The van der Waals surface area contributed by atoms with E-state index in [0.717, 1.165) is 18.7 Å². The Kier molecular flexibility index (Phi) is 3.08. The van der Waals surface area contributed by atoms with Crippen molar-refractivity contribution in [1.82, 2.24) is 20.1 Å². The molecule has 0 aromatic carbocycles. The first-order chi connectivity index (χ1) is 8.11. The van der Waals surface area contributed by atoms with Crippen LogP contribution in [0.15, 0.2) is 0 Å². The number of aromatic amines is 1. The van der Waals surface area contributed by atoms with Gasteiger partial charge in [0.2, 0.25) is 5.82 Å². The fourth-order valence-electron chi connectivity index (χ4n) is 1.41.